The molecule has 5 nitrogen and oxygen atoms in total. The van der Waals surface area contributed by atoms with Crippen molar-refractivity contribution >= 4 is 23.4 Å². The largest absolute Gasteiger partial charge is 0.323 e. The zero-order chi connectivity index (χ0) is 19.7. The third-order valence-corrected chi connectivity index (χ3v) is 5.50. The minimum atomic E-state index is -0.685. The van der Waals surface area contributed by atoms with Crippen molar-refractivity contribution in [3.05, 3.63) is 66.0 Å². The highest BCUT2D eigenvalue weighted by Crippen LogP contribution is 2.41. The molecule has 0 radical (unpaired) electrons. The Morgan fingerprint density at radius 1 is 1.18 bits per heavy atom. The first kappa shape index (κ1) is 18.6. The number of aromatic nitrogens is 3. The van der Waals surface area contributed by atoms with Gasteiger partial charge < -0.3 is 5.32 Å². The van der Waals surface area contributed by atoms with Crippen LogP contribution in [-0.4, -0.2) is 25.9 Å². The van der Waals surface area contributed by atoms with Crippen molar-refractivity contribution in [3.63, 3.8) is 0 Å². The monoisotopic (exact) mass is 400 g/mol. The topological polar surface area (TPSA) is 59.8 Å². The van der Waals surface area contributed by atoms with Crippen LogP contribution < -0.4 is 5.32 Å². The Balaban J connectivity index is 1.55. The van der Waals surface area contributed by atoms with Crippen LogP contribution in [-0.2, 0) is 4.79 Å². The Morgan fingerprint density at radius 3 is 2.64 bits per heavy atom. The maximum absolute atomic E-state index is 13.8. The summed E-state index contributed by atoms with van der Waals surface area (Å²) in [6.45, 7) is 1.69. The van der Waals surface area contributed by atoms with Crippen molar-refractivity contribution in [1.82, 2.24) is 14.8 Å². The van der Waals surface area contributed by atoms with Crippen LogP contribution in [0.15, 0.2) is 53.7 Å². The number of amides is 1. The summed E-state index contributed by atoms with van der Waals surface area (Å²) in [4.78, 5) is 12.5. The van der Waals surface area contributed by atoms with Crippen molar-refractivity contribution in [2.45, 2.75) is 36.1 Å². The van der Waals surface area contributed by atoms with Gasteiger partial charge in [0, 0.05) is 17.7 Å². The van der Waals surface area contributed by atoms with Crippen molar-refractivity contribution in [3.8, 4) is 5.69 Å². The van der Waals surface area contributed by atoms with Crippen LogP contribution in [0, 0.1) is 11.6 Å². The smallest absolute Gasteiger partial charge is 0.237 e. The number of thioether (sulfide) groups is 1. The van der Waals surface area contributed by atoms with Crippen LogP contribution >= 0.6 is 11.8 Å². The average Bonchev–Trinajstić information content (AvgIpc) is 3.46. The maximum Gasteiger partial charge on any atom is 0.237 e. The quantitative estimate of drug-likeness (QED) is 0.617. The van der Waals surface area contributed by atoms with Crippen LogP contribution in [0.2, 0.25) is 0 Å². The molecule has 1 aliphatic carbocycles. The van der Waals surface area contributed by atoms with E-state index >= 15 is 0 Å². The standard InChI is InChI=1S/C20H18F2N4OS/c1-12(19(27)23-17-11-14(21)9-10-16(17)22)28-20-25-24-18(13-7-8-13)26(20)15-5-3-2-4-6-15/h2-6,9-13H,7-8H2,1H3,(H,23,27)/t12-/m1/s1. The van der Waals surface area contributed by atoms with Gasteiger partial charge in [0.2, 0.25) is 5.91 Å². The Hall–Kier alpha value is -2.74. The van der Waals surface area contributed by atoms with Crippen LogP contribution in [0.25, 0.3) is 5.69 Å². The van der Waals surface area contributed by atoms with Gasteiger partial charge in [0.15, 0.2) is 5.16 Å². The molecule has 28 heavy (non-hydrogen) atoms. The summed E-state index contributed by atoms with van der Waals surface area (Å²) >= 11 is 1.23. The molecule has 1 atom stereocenters. The van der Waals surface area contributed by atoms with Gasteiger partial charge in [-0.1, -0.05) is 30.0 Å². The summed E-state index contributed by atoms with van der Waals surface area (Å²) in [6.07, 6.45) is 2.15. The molecule has 8 heteroatoms. The van der Waals surface area contributed by atoms with Gasteiger partial charge in [-0.3, -0.25) is 9.36 Å². The molecule has 1 amide bonds. The van der Waals surface area contributed by atoms with E-state index in [1.165, 1.54) is 11.8 Å². The van der Waals surface area contributed by atoms with E-state index in [-0.39, 0.29) is 5.69 Å². The molecule has 144 valence electrons. The number of nitrogens with zero attached hydrogens (tertiary/aromatic N) is 3. The SMILES string of the molecule is C[C@@H](Sc1nnc(C2CC2)n1-c1ccccc1)C(=O)Nc1cc(F)ccc1F. The van der Waals surface area contributed by atoms with Crippen LogP contribution in [0.4, 0.5) is 14.5 Å². The van der Waals surface area contributed by atoms with Crippen molar-refractivity contribution in [2.24, 2.45) is 0 Å². The third kappa shape index (κ3) is 3.91. The summed E-state index contributed by atoms with van der Waals surface area (Å²) in [7, 11) is 0. The molecule has 2 aromatic carbocycles. The van der Waals surface area contributed by atoms with Gasteiger partial charge in [-0.2, -0.15) is 0 Å². The lowest BCUT2D eigenvalue weighted by atomic mass is 10.3. The number of hydrogen-bond acceptors (Lipinski definition) is 4. The highest BCUT2D eigenvalue weighted by Gasteiger charge is 2.32. The Bertz CT molecular complexity index is 1000. The summed E-state index contributed by atoms with van der Waals surface area (Å²) in [5.41, 5.74) is 0.751. The minimum absolute atomic E-state index is 0.180. The molecule has 1 N–H and O–H groups in total. The van der Waals surface area contributed by atoms with E-state index in [2.05, 4.69) is 15.5 Å². The van der Waals surface area contributed by atoms with E-state index in [0.29, 0.717) is 11.1 Å². The van der Waals surface area contributed by atoms with Crippen molar-refractivity contribution < 1.29 is 13.6 Å². The highest BCUT2D eigenvalue weighted by molar-refractivity contribution is 8.00. The minimum Gasteiger partial charge on any atom is -0.323 e. The number of rotatable bonds is 6. The van der Waals surface area contributed by atoms with Gasteiger partial charge in [0.1, 0.15) is 17.5 Å². The molecule has 0 bridgehead atoms. The van der Waals surface area contributed by atoms with E-state index in [1.54, 1.807) is 6.92 Å². The molecule has 1 heterocycles. The van der Waals surface area contributed by atoms with Gasteiger partial charge in [0.05, 0.1) is 10.9 Å². The van der Waals surface area contributed by atoms with Crippen LogP contribution in [0.3, 0.4) is 0 Å². The van der Waals surface area contributed by atoms with Crippen molar-refractivity contribution in [1.29, 1.82) is 0 Å². The molecular formula is C20H18F2N4OS. The van der Waals surface area contributed by atoms with Gasteiger partial charge in [-0.25, -0.2) is 8.78 Å². The second kappa shape index (κ2) is 7.71. The van der Waals surface area contributed by atoms with Crippen LogP contribution in [0.5, 0.6) is 0 Å². The normalized spacial score (nSPS) is 14.7. The lowest BCUT2D eigenvalue weighted by molar-refractivity contribution is -0.115. The predicted octanol–water partition coefficient (Wildman–Crippen LogP) is 4.54. The number of benzene rings is 2. The molecular weight excluding hydrogens is 382 g/mol. The number of carbonyl (C=O) groups is 1. The number of nitrogens with one attached hydrogen (secondary N) is 1. The summed E-state index contributed by atoms with van der Waals surface area (Å²) in [6, 6.07) is 12.7. The molecule has 3 aromatic rings. The number of hydrogen-bond donors (Lipinski definition) is 1. The first-order chi connectivity index (χ1) is 13.5. The summed E-state index contributed by atoms with van der Waals surface area (Å²) in [5.74, 6) is -0.472. The fraction of sp³-hybridized carbons (Fsp3) is 0.250. The second-order valence-corrected chi connectivity index (χ2v) is 7.97. The Morgan fingerprint density at radius 2 is 1.93 bits per heavy atom. The molecule has 1 saturated carbocycles. The Kier molecular flexibility index (Phi) is 5.13. The summed E-state index contributed by atoms with van der Waals surface area (Å²) in [5, 5.41) is 11.1. The first-order valence-corrected chi connectivity index (χ1v) is 9.84. The second-order valence-electron chi connectivity index (χ2n) is 6.66. The fourth-order valence-electron chi connectivity index (χ4n) is 2.82. The first-order valence-electron chi connectivity index (χ1n) is 8.96. The number of halogens is 2. The van der Waals surface area contributed by atoms with E-state index in [4.69, 9.17) is 0 Å². The maximum atomic E-state index is 13.8. The molecule has 0 aliphatic heterocycles. The van der Waals surface area contributed by atoms with Gasteiger partial charge in [-0.15, -0.1) is 10.2 Å². The average molecular weight is 400 g/mol. The van der Waals surface area contributed by atoms with E-state index < -0.39 is 22.8 Å². The van der Waals surface area contributed by atoms with E-state index in [9.17, 15) is 13.6 Å². The van der Waals surface area contributed by atoms with E-state index in [0.717, 1.165) is 42.6 Å². The zero-order valence-electron chi connectivity index (χ0n) is 15.1. The molecule has 1 fully saturated rings. The lowest BCUT2D eigenvalue weighted by Crippen LogP contribution is -2.23. The highest BCUT2D eigenvalue weighted by atomic mass is 32.2. The molecule has 1 aliphatic rings. The molecule has 4 rings (SSSR count). The molecule has 1 aromatic heterocycles. The molecule has 0 unspecified atom stereocenters. The van der Waals surface area contributed by atoms with Crippen molar-refractivity contribution in [2.75, 3.05) is 5.32 Å². The van der Waals surface area contributed by atoms with Crippen LogP contribution in [0.1, 0.15) is 31.5 Å². The number of anilines is 1. The number of para-hydroxylation sites is 1. The summed E-state index contributed by atoms with van der Waals surface area (Å²) < 4.78 is 29.1. The fourth-order valence-corrected chi connectivity index (χ4v) is 3.70. The third-order valence-electron chi connectivity index (χ3n) is 4.45. The van der Waals surface area contributed by atoms with Gasteiger partial charge in [-0.05, 0) is 44.0 Å². The van der Waals surface area contributed by atoms with Gasteiger partial charge in [0.25, 0.3) is 0 Å². The molecule has 0 saturated heterocycles. The zero-order valence-corrected chi connectivity index (χ0v) is 15.9. The van der Waals surface area contributed by atoms with E-state index in [1.807, 2.05) is 34.9 Å². The predicted molar refractivity (Wildman–Crippen MR) is 104 cm³/mol. The van der Waals surface area contributed by atoms with Gasteiger partial charge >= 0.3 is 0 Å². The lowest BCUT2D eigenvalue weighted by Gasteiger charge is -2.14. The Labute approximate surface area is 165 Å². The number of carbonyl (C=O) groups excluding carboxylic acids is 1. The molecule has 0 spiro atoms.